The lowest BCUT2D eigenvalue weighted by Gasteiger charge is -2.24. The highest BCUT2D eigenvalue weighted by Gasteiger charge is 2.23. The molecule has 0 amide bonds. The van der Waals surface area contributed by atoms with Crippen molar-refractivity contribution in [3.8, 4) is 0 Å². The molecule has 0 spiro atoms. The molecule has 0 saturated carbocycles. The van der Waals surface area contributed by atoms with E-state index in [4.69, 9.17) is 4.74 Å². The second-order valence-electron chi connectivity index (χ2n) is 3.74. The van der Waals surface area contributed by atoms with Crippen molar-refractivity contribution < 1.29 is 13.2 Å². The number of methoxy groups -OCH3 is 1. The average Bonchev–Trinajstić information content (AvgIpc) is 1.98. The predicted octanol–water partition coefficient (Wildman–Crippen LogP) is 1.12. The van der Waals surface area contributed by atoms with E-state index in [-0.39, 0.29) is 12.4 Å². The van der Waals surface area contributed by atoms with Crippen LogP contribution in [0.25, 0.3) is 0 Å². The predicted molar refractivity (Wildman–Crippen MR) is 61.3 cm³/mol. The maximum Gasteiger partial charge on any atom is 0.214 e. The molecule has 14 heavy (non-hydrogen) atoms. The van der Waals surface area contributed by atoms with Gasteiger partial charge in [-0.15, -0.1) is 0 Å². The first-order valence-corrected chi connectivity index (χ1v) is 7.17. The van der Waals surface area contributed by atoms with Gasteiger partial charge in [-0.1, -0.05) is 15.9 Å². The van der Waals surface area contributed by atoms with Crippen LogP contribution in [0.1, 0.15) is 20.3 Å². The van der Waals surface area contributed by atoms with Crippen molar-refractivity contribution in [2.45, 2.75) is 25.8 Å². The van der Waals surface area contributed by atoms with E-state index in [0.717, 1.165) is 11.8 Å². The molecule has 0 aromatic rings. The van der Waals surface area contributed by atoms with Crippen molar-refractivity contribution in [2.24, 2.45) is 0 Å². The normalized spacial score (nSPS) is 13.1. The minimum absolute atomic E-state index is 0.00914. The molecule has 0 atom stereocenters. The third kappa shape index (κ3) is 6.75. The van der Waals surface area contributed by atoms with Crippen LogP contribution >= 0.6 is 15.9 Å². The molecule has 0 rings (SSSR count). The maximum absolute atomic E-state index is 11.5. The summed E-state index contributed by atoms with van der Waals surface area (Å²) in [5.41, 5.74) is -0.407. The molecular weight excluding hydrogens is 270 g/mol. The summed E-state index contributed by atoms with van der Waals surface area (Å²) in [5.74, 6) is 0.00914. The number of alkyl halides is 1. The van der Waals surface area contributed by atoms with Crippen LogP contribution in [-0.2, 0) is 14.8 Å². The van der Waals surface area contributed by atoms with Gasteiger partial charge in [-0.25, -0.2) is 13.1 Å². The number of hydrogen-bond donors (Lipinski definition) is 1. The Balaban J connectivity index is 4.20. The van der Waals surface area contributed by atoms with Crippen LogP contribution in [0.15, 0.2) is 0 Å². The third-order valence-corrected chi connectivity index (χ3v) is 3.67. The molecule has 0 aliphatic carbocycles. The second-order valence-corrected chi connectivity index (χ2v) is 6.37. The Labute approximate surface area is 94.6 Å². The molecule has 4 nitrogen and oxygen atoms in total. The summed E-state index contributed by atoms with van der Waals surface area (Å²) in [6.45, 7) is 3.94. The Morgan fingerprint density at radius 3 is 2.43 bits per heavy atom. The third-order valence-electron chi connectivity index (χ3n) is 1.71. The van der Waals surface area contributed by atoms with E-state index >= 15 is 0 Å². The number of nitrogens with one attached hydrogen (secondary N) is 1. The second kappa shape index (κ2) is 6.05. The maximum atomic E-state index is 11.5. The summed E-state index contributed by atoms with van der Waals surface area (Å²) in [6.07, 6.45) is 0.749. The highest BCUT2D eigenvalue weighted by molar-refractivity contribution is 9.09. The molecule has 1 N–H and O–H groups in total. The molecular formula is C8H18BrNO3S. The van der Waals surface area contributed by atoms with E-state index in [9.17, 15) is 8.42 Å². The van der Waals surface area contributed by atoms with Gasteiger partial charge in [0.15, 0.2) is 0 Å². The average molecular weight is 288 g/mol. The summed E-state index contributed by atoms with van der Waals surface area (Å²) in [7, 11) is -1.73. The number of halogens is 1. The van der Waals surface area contributed by atoms with Crippen molar-refractivity contribution in [1.82, 2.24) is 4.72 Å². The Kier molecular flexibility index (Phi) is 6.20. The first-order chi connectivity index (χ1) is 6.33. The zero-order valence-corrected chi connectivity index (χ0v) is 11.2. The van der Waals surface area contributed by atoms with Crippen LogP contribution in [0, 0.1) is 0 Å². The van der Waals surface area contributed by atoms with Gasteiger partial charge in [0, 0.05) is 18.0 Å². The van der Waals surface area contributed by atoms with Crippen molar-refractivity contribution >= 4 is 26.0 Å². The topological polar surface area (TPSA) is 55.4 Å². The summed E-state index contributed by atoms with van der Waals surface area (Å²) in [4.78, 5) is 0. The smallest absolute Gasteiger partial charge is 0.214 e. The standard InChI is InChI=1S/C8H18BrNO3S/c1-8(2,4-5-9)10-14(11,12)7-6-13-3/h10H,4-7H2,1-3H3. The Hall–Kier alpha value is 0.350. The molecule has 0 radical (unpaired) electrons. The Morgan fingerprint density at radius 1 is 1.43 bits per heavy atom. The van der Waals surface area contributed by atoms with Gasteiger partial charge in [-0.05, 0) is 20.3 Å². The Bertz CT molecular complexity index is 251. The van der Waals surface area contributed by atoms with Crippen molar-refractivity contribution in [3.63, 3.8) is 0 Å². The molecule has 0 saturated heterocycles. The van der Waals surface area contributed by atoms with Crippen LogP contribution < -0.4 is 4.72 Å². The highest BCUT2D eigenvalue weighted by atomic mass is 79.9. The van der Waals surface area contributed by atoms with Crippen LogP contribution in [0.3, 0.4) is 0 Å². The van der Waals surface area contributed by atoms with E-state index in [2.05, 4.69) is 20.7 Å². The van der Waals surface area contributed by atoms with Gasteiger partial charge in [0.25, 0.3) is 0 Å². The van der Waals surface area contributed by atoms with E-state index < -0.39 is 15.6 Å². The lowest BCUT2D eigenvalue weighted by Crippen LogP contribution is -2.45. The lowest BCUT2D eigenvalue weighted by molar-refractivity contribution is 0.216. The van der Waals surface area contributed by atoms with Crippen molar-refractivity contribution in [2.75, 3.05) is 24.8 Å². The molecule has 86 valence electrons. The lowest BCUT2D eigenvalue weighted by atomic mass is 10.0. The van der Waals surface area contributed by atoms with Gasteiger partial charge in [0.2, 0.25) is 10.0 Å². The molecule has 0 aromatic heterocycles. The van der Waals surface area contributed by atoms with Crippen LogP contribution in [0.4, 0.5) is 0 Å². The number of hydrogen-bond acceptors (Lipinski definition) is 3. The summed E-state index contributed by atoms with van der Waals surface area (Å²) in [6, 6.07) is 0. The van der Waals surface area contributed by atoms with Crippen LogP contribution in [0.2, 0.25) is 0 Å². The van der Waals surface area contributed by atoms with Gasteiger partial charge in [-0.2, -0.15) is 0 Å². The molecule has 0 heterocycles. The van der Waals surface area contributed by atoms with Crippen LogP contribution in [-0.4, -0.2) is 38.8 Å². The first kappa shape index (κ1) is 14.3. The summed E-state index contributed by atoms with van der Waals surface area (Å²) in [5, 5.41) is 0.771. The quantitative estimate of drug-likeness (QED) is 0.714. The molecule has 6 heteroatoms. The fourth-order valence-corrected chi connectivity index (χ4v) is 3.38. The molecule has 0 aromatic carbocycles. The van der Waals surface area contributed by atoms with Crippen LogP contribution in [0.5, 0.6) is 0 Å². The van der Waals surface area contributed by atoms with E-state index in [1.165, 1.54) is 7.11 Å². The van der Waals surface area contributed by atoms with E-state index in [0.29, 0.717) is 0 Å². The van der Waals surface area contributed by atoms with Crippen molar-refractivity contribution in [1.29, 1.82) is 0 Å². The fourth-order valence-electron chi connectivity index (χ4n) is 0.952. The highest BCUT2D eigenvalue weighted by Crippen LogP contribution is 2.11. The zero-order chi connectivity index (χ0) is 11.2. The fraction of sp³-hybridized carbons (Fsp3) is 1.00. The minimum atomic E-state index is -3.22. The van der Waals surface area contributed by atoms with E-state index in [1.807, 2.05) is 13.8 Å². The van der Waals surface area contributed by atoms with Crippen molar-refractivity contribution in [3.05, 3.63) is 0 Å². The Morgan fingerprint density at radius 2 is 2.00 bits per heavy atom. The number of ether oxygens (including phenoxy) is 1. The molecule has 0 aliphatic rings. The first-order valence-electron chi connectivity index (χ1n) is 4.39. The largest absolute Gasteiger partial charge is 0.384 e. The summed E-state index contributed by atoms with van der Waals surface area (Å²) >= 11 is 3.29. The number of rotatable bonds is 7. The number of sulfonamides is 1. The molecule has 0 bridgehead atoms. The molecule has 0 unspecified atom stereocenters. The minimum Gasteiger partial charge on any atom is -0.384 e. The van der Waals surface area contributed by atoms with E-state index in [1.54, 1.807) is 0 Å². The van der Waals surface area contributed by atoms with Gasteiger partial charge in [-0.3, -0.25) is 0 Å². The SMILES string of the molecule is COCCS(=O)(=O)NC(C)(C)CCBr. The monoisotopic (exact) mass is 287 g/mol. The van der Waals surface area contributed by atoms with Gasteiger partial charge in [0.05, 0.1) is 12.4 Å². The van der Waals surface area contributed by atoms with Gasteiger partial charge >= 0.3 is 0 Å². The van der Waals surface area contributed by atoms with Gasteiger partial charge < -0.3 is 4.74 Å². The molecule has 0 fully saturated rings. The summed E-state index contributed by atoms with van der Waals surface area (Å²) < 4.78 is 30.3. The zero-order valence-electron chi connectivity index (χ0n) is 8.84. The van der Waals surface area contributed by atoms with Gasteiger partial charge in [0.1, 0.15) is 0 Å². The molecule has 0 aliphatic heterocycles.